The molecule has 0 saturated heterocycles. The monoisotopic (exact) mass is 543 g/mol. The lowest BCUT2D eigenvalue weighted by atomic mass is 10.1. The van der Waals surface area contributed by atoms with Crippen LogP contribution >= 0.6 is 0 Å². The molecule has 0 unspecified atom stereocenters. The van der Waals surface area contributed by atoms with Crippen LogP contribution in [0.25, 0.3) is 67.9 Å². The van der Waals surface area contributed by atoms with Gasteiger partial charge in [-0.25, -0.2) is 15.0 Å². The van der Waals surface area contributed by atoms with Crippen LogP contribution in [0.5, 0.6) is 0 Å². The SMILES string of the molecule is c1cc(-c2cnccn2)cc(-c2nc(-c3cccc(-c4cnccn4)c3)nc(-c3cccc(-c4cnccn4)c3)n2)c1. The minimum atomic E-state index is 0.538. The fourth-order valence-corrected chi connectivity index (χ4v) is 4.56. The van der Waals surface area contributed by atoms with Gasteiger partial charge in [0.15, 0.2) is 17.5 Å². The normalized spacial score (nSPS) is 10.9. The molecule has 9 nitrogen and oxygen atoms in total. The number of hydrogen-bond acceptors (Lipinski definition) is 9. The van der Waals surface area contributed by atoms with Crippen molar-refractivity contribution in [2.45, 2.75) is 0 Å². The lowest BCUT2D eigenvalue weighted by Gasteiger charge is -2.11. The van der Waals surface area contributed by atoms with Gasteiger partial charge in [0, 0.05) is 70.6 Å². The summed E-state index contributed by atoms with van der Waals surface area (Å²) in [5.74, 6) is 1.61. The minimum absolute atomic E-state index is 0.538. The van der Waals surface area contributed by atoms with Gasteiger partial charge in [-0.3, -0.25) is 29.9 Å². The summed E-state index contributed by atoms with van der Waals surface area (Å²) in [5.41, 5.74) is 7.54. The van der Waals surface area contributed by atoms with Gasteiger partial charge in [0.1, 0.15) is 0 Å². The second-order valence-electron chi connectivity index (χ2n) is 9.32. The van der Waals surface area contributed by atoms with Gasteiger partial charge < -0.3 is 0 Å². The molecular formula is C33H21N9. The summed E-state index contributed by atoms with van der Waals surface area (Å²) in [4.78, 5) is 40.8. The molecule has 0 bridgehead atoms. The van der Waals surface area contributed by atoms with Crippen molar-refractivity contribution in [3.63, 3.8) is 0 Å². The average molecular weight is 544 g/mol. The third-order valence-corrected chi connectivity index (χ3v) is 6.57. The van der Waals surface area contributed by atoms with E-state index >= 15 is 0 Å². The van der Waals surface area contributed by atoms with Gasteiger partial charge in [-0.15, -0.1) is 0 Å². The maximum absolute atomic E-state index is 4.93. The molecule has 0 radical (unpaired) electrons. The highest BCUT2D eigenvalue weighted by Gasteiger charge is 2.15. The summed E-state index contributed by atoms with van der Waals surface area (Å²) in [5, 5.41) is 0. The van der Waals surface area contributed by atoms with Crippen molar-refractivity contribution in [3.05, 3.63) is 129 Å². The van der Waals surface area contributed by atoms with Crippen molar-refractivity contribution in [2.24, 2.45) is 0 Å². The zero-order valence-electron chi connectivity index (χ0n) is 22.1. The van der Waals surface area contributed by atoms with Gasteiger partial charge in [0.25, 0.3) is 0 Å². The standard InChI is InChI=1S/C33H21N9/c1-4-22(28-19-34-10-13-37-28)16-25(7-1)31-40-32(26-8-2-5-23(17-26)29-20-35-11-14-38-29)42-33(41-31)27-9-3-6-24(18-27)30-21-36-12-15-39-30/h1-21H. The van der Waals surface area contributed by atoms with E-state index in [0.29, 0.717) is 17.5 Å². The van der Waals surface area contributed by atoms with Gasteiger partial charge >= 0.3 is 0 Å². The Kier molecular flexibility index (Phi) is 6.63. The summed E-state index contributed by atoms with van der Waals surface area (Å²) in [7, 11) is 0. The molecule has 0 aliphatic heterocycles. The molecule has 198 valence electrons. The zero-order chi connectivity index (χ0) is 28.1. The van der Waals surface area contributed by atoms with E-state index in [4.69, 9.17) is 15.0 Å². The number of benzene rings is 3. The Balaban J connectivity index is 1.38. The average Bonchev–Trinajstić information content (AvgIpc) is 3.09. The van der Waals surface area contributed by atoms with E-state index in [2.05, 4.69) is 29.9 Å². The van der Waals surface area contributed by atoms with Crippen LogP contribution in [-0.2, 0) is 0 Å². The molecule has 4 heterocycles. The number of rotatable bonds is 6. The first kappa shape index (κ1) is 24.9. The van der Waals surface area contributed by atoms with Crippen LogP contribution in [0.4, 0.5) is 0 Å². The molecule has 0 saturated carbocycles. The minimum Gasteiger partial charge on any atom is -0.261 e. The largest absolute Gasteiger partial charge is 0.261 e. The predicted octanol–water partition coefficient (Wildman–Crippen LogP) is 6.24. The van der Waals surface area contributed by atoms with Gasteiger partial charge in [-0.05, 0) is 18.2 Å². The first-order valence-corrected chi connectivity index (χ1v) is 13.2. The Hall–Kier alpha value is -6.09. The van der Waals surface area contributed by atoms with Crippen LogP contribution in [0.15, 0.2) is 129 Å². The van der Waals surface area contributed by atoms with Crippen LogP contribution in [0.3, 0.4) is 0 Å². The van der Waals surface area contributed by atoms with E-state index < -0.39 is 0 Å². The molecule has 0 aliphatic rings. The third-order valence-electron chi connectivity index (χ3n) is 6.57. The Bertz CT molecular complexity index is 1740. The smallest absolute Gasteiger partial charge is 0.164 e. The van der Waals surface area contributed by atoms with Crippen molar-refractivity contribution in [1.29, 1.82) is 0 Å². The third kappa shape index (κ3) is 5.22. The second kappa shape index (κ2) is 11.2. The number of nitrogens with zero attached hydrogens (tertiary/aromatic N) is 9. The lowest BCUT2D eigenvalue weighted by Crippen LogP contribution is -2.01. The van der Waals surface area contributed by atoms with Crippen molar-refractivity contribution in [3.8, 4) is 67.9 Å². The summed E-state index contributed by atoms with van der Waals surface area (Å²) in [6.07, 6.45) is 15.2. The van der Waals surface area contributed by atoms with E-state index in [1.165, 1.54) is 0 Å². The topological polar surface area (TPSA) is 116 Å². The second-order valence-corrected chi connectivity index (χ2v) is 9.32. The molecule has 0 spiro atoms. The van der Waals surface area contributed by atoms with Crippen LogP contribution in [0.2, 0.25) is 0 Å². The van der Waals surface area contributed by atoms with E-state index in [-0.39, 0.29) is 0 Å². The molecule has 0 aliphatic carbocycles. The van der Waals surface area contributed by atoms with Gasteiger partial charge in [0.05, 0.1) is 35.7 Å². The van der Waals surface area contributed by atoms with Gasteiger partial charge in [-0.1, -0.05) is 54.6 Å². The molecule has 7 rings (SSSR count). The highest BCUT2D eigenvalue weighted by atomic mass is 15.0. The zero-order valence-corrected chi connectivity index (χ0v) is 22.1. The molecule has 0 amide bonds. The van der Waals surface area contributed by atoms with E-state index in [1.807, 2.05) is 72.8 Å². The molecule has 0 N–H and O–H groups in total. The van der Waals surface area contributed by atoms with Crippen LogP contribution in [0.1, 0.15) is 0 Å². The fraction of sp³-hybridized carbons (Fsp3) is 0. The molecule has 9 heteroatoms. The first-order valence-electron chi connectivity index (χ1n) is 13.2. The van der Waals surface area contributed by atoms with Crippen molar-refractivity contribution in [2.75, 3.05) is 0 Å². The molecule has 42 heavy (non-hydrogen) atoms. The quantitative estimate of drug-likeness (QED) is 0.240. The predicted molar refractivity (Wildman–Crippen MR) is 159 cm³/mol. The molecule has 7 aromatic rings. The number of aromatic nitrogens is 9. The summed E-state index contributed by atoms with van der Waals surface area (Å²) in [6, 6.07) is 23.8. The molecular weight excluding hydrogens is 522 g/mol. The summed E-state index contributed by atoms with van der Waals surface area (Å²) >= 11 is 0. The summed E-state index contributed by atoms with van der Waals surface area (Å²) < 4.78 is 0. The Morgan fingerprint density at radius 3 is 0.929 bits per heavy atom. The van der Waals surface area contributed by atoms with Gasteiger partial charge in [0.2, 0.25) is 0 Å². The molecule has 0 fully saturated rings. The molecule has 4 aromatic heterocycles. The molecule has 3 aromatic carbocycles. The van der Waals surface area contributed by atoms with E-state index in [0.717, 1.165) is 50.5 Å². The van der Waals surface area contributed by atoms with Crippen LogP contribution in [-0.4, -0.2) is 44.9 Å². The van der Waals surface area contributed by atoms with Crippen molar-refractivity contribution < 1.29 is 0 Å². The highest BCUT2D eigenvalue weighted by Crippen LogP contribution is 2.30. The Morgan fingerprint density at radius 1 is 0.333 bits per heavy atom. The molecule has 0 atom stereocenters. The van der Waals surface area contributed by atoms with Crippen LogP contribution < -0.4 is 0 Å². The van der Waals surface area contributed by atoms with Crippen molar-refractivity contribution >= 4 is 0 Å². The van der Waals surface area contributed by atoms with E-state index in [9.17, 15) is 0 Å². The maximum atomic E-state index is 4.93. The van der Waals surface area contributed by atoms with Gasteiger partial charge in [-0.2, -0.15) is 0 Å². The highest BCUT2D eigenvalue weighted by molar-refractivity contribution is 5.74. The maximum Gasteiger partial charge on any atom is 0.164 e. The fourth-order valence-electron chi connectivity index (χ4n) is 4.56. The Morgan fingerprint density at radius 2 is 0.643 bits per heavy atom. The number of hydrogen-bond donors (Lipinski definition) is 0. The first-order chi connectivity index (χ1) is 20.8. The summed E-state index contributed by atoms with van der Waals surface area (Å²) in [6.45, 7) is 0. The van der Waals surface area contributed by atoms with E-state index in [1.54, 1.807) is 55.8 Å². The van der Waals surface area contributed by atoms with Crippen molar-refractivity contribution in [1.82, 2.24) is 44.9 Å². The lowest BCUT2D eigenvalue weighted by molar-refractivity contribution is 1.07. The van der Waals surface area contributed by atoms with Crippen LogP contribution in [0, 0.1) is 0 Å². The Labute approximate surface area is 241 Å².